The third-order valence-corrected chi connectivity index (χ3v) is 5.68. The van der Waals surface area contributed by atoms with E-state index in [2.05, 4.69) is 20.2 Å². The molecule has 3 heterocycles. The zero-order valence-electron chi connectivity index (χ0n) is 13.5. The lowest BCUT2D eigenvalue weighted by atomic mass is 10.0. The summed E-state index contributed by atoms with van der Waals surface area (Å²) in [7, 11) is 1.90. The molecule has 1 aliphatic heterocycles. The van der Waals surface area contributed by atoms with Crippen LogP contribution in [0.2, 0.25) is 0 Å². The van der Waals surface area contributed by atoms with E-state index in [0.29, 0.717) is 12.3 Å². The fraction of sp³-hybridized carbons (Fsp3) is 0.533. The predicted molar refractivity (Wildman–Crippen MR) is 93.9 cm³/mol. The van der Waals surface area contributed by atoms with Crippen molar-refractivity contribution in [1.29, 1.82) is 0 Å². The summed E-state index contributed by atoms with van der Waals surface area (Å²) >= 11 is 2.97. The number of hydrogen-bond donors (Lipinski definition) is 2. The highest BCUT2D eigenvalue weighted by Crippen LogP contribution is 2.16. The Morgan fingerprint density at radius 3 is 3.08 bits per heavy atom. The maximum absolute atomic E-state index is 12.1. The second-order valence-electron chi connectivity index (χ2n) is 5.85. The number of nitrogens with zero attached hydrogens (tertiary/aromatic N) is 4. The first kappa shape index (κ1) is 17.4. The zero-order valence-corrected chi connectivity index (χ0v) is 15.1. The molecule has 0 aromatic carbocycles. The fourth-order valence-corrected chi connectivity index (χ4v) is 4.02. The van der Waals surface area contributed by atoms with Gasteiger partial charge in [-0.1, -0.05) is 11.8 Å². The maximum Gasteiger partial charge on any atom is 0.230 e. The van der Waals surface area contributed by atoms with Gasteiger partial charge in [-0.25, -0.2) is 9.97 Å². The molecule has 1 saturated heterocycles. The molecule has 130 valence electrons. The largest absolute Gasteiger partial charge is 0.390 e. The summed E-state index contributed by atoms with van der Waals surface area (Å²) in [6.07, 6.45) is 3.74. The van der Waals surface area contributed by atoms with E-state index in [0.717, 1.165) is 30.4 Å². The normalized spacial score (nSPS) is 21.8. The Bertz CT molecular complexity index is 661. The third kappa shape index (κ3) is 4.56. The molecule has 2 aromatic heterocycles. The first-order valence-corrected chi connectivity index (χ1v) is 9.71. The highest BCUT2D eigenvalue weighted by molar-refractivity contribution is 7.99. The number of aryl methyl sites for hydroxylation is 1. The van der Waals surface area contributed by atoms with E-state index in [4.69, 9.17) is 0 Å². The molecular formula is C15H21N5O2S2. The van der Waals surface area contributed by atoms with Gasteiger partial charge in [-0.15, -0.1) is 11.3 Å². The van der Waals surface area contributed by atoms with Gasteiger partial charge in [0.15, 0.2) is 5.16 Å². The van der Waals surface area contributed by atoms with Crippen molar-refractivity contribution in [2.45, 2.75) is 30.3 Å². The van der Waals surface area contributed by atoms with Gasteiger partial charge in [0.1, 0.15) is 0 Å². The number of thioether (sulfide) groups is 1. The second-order valence-corrected chi connectivity index (χ2v) is 7.52. The summed E-state index contributed by atoms with van der Waals surface area (Å²) in [6.45, 7) is 2.14. The molecule has 1 fully saturated rings. The van der Waals surface area contributed by atoms with Gasteiger partial charge in [-0.3, -0.25) is 9.69 Å². The van der Waals surface area contributed by atoms with Gasteiger partial charge in [0.25, 0.3) is 0 Å². The molecule has 2 atom stereocenters. The minimum absolute atomic E-state index is 0.0694. The molecule has 0 spiro atoms. The van der Waals surface area contributed by atoms with Crippen molar-refractivity contribution >= 4 is 29.0 Å². The van der Waals surface area contributed by atoms with Crippen molar-refractivity contribution < 1.29 is 9.90 Å². The van der Waals surface area contributed by atoms with E-state index in [1.54, 1.807) is 17.5 Å². The number of aliphatic hydroxyl groups excluding tert-OH is 1. The summed E-state index contributed by atoms with van der Waals surface area (Å²) in [6, 6.07) is -0.189. The molecule has 0 bridgehead atoms. The van der Waals surface area contributed by atoms with Crippen LogP contribution in [0.25, 0.3) is 0 Å². The van der Waals surface area contributed by atoms with E-state index in [-0.39, 0.29) is 11.9 Å². The average Bonchev–Trinajstić information content (AvgIpc) is 3.20. The number of β-amino-alcohol motifs (C(OH)–C–C–N with tert-alkyl or cyclic N) is 1. The van der Waals surface area contributed by atoms with Crippen LogP contribution in [-0.2, 0) is 18.4 Å². The molecule has 3 rings (SSSR count). The van der Waals surface area contributed by atoms with E-state index in [1.807, 2.05) is 28.7 Å². The molecule has 2 N–H and O–H groups in total. The predicted octanol–water partition coefficient (Wildman–Crippen LogP) is 0.720. The minimum Gasteiger partial charge on any atom is -0.390 e. The monoisotopic (exact) mass is 367 g/mol. The Balaban J connectivity index is 1.43. The van der Waals surface area contributed by atoms with Gasteiger partial charge in [-0.2, -0.15) is 0 Å². The van der Waals surface area contributed by atoms with Gasteiger partial charge in [0.05, 0.1) is 29.1 Å². The Labute approximate surface area is 149 Å². The summed E-state index contributed by atoms with van der Waals surface area (Å²) in [5.74, 6) is 0.233. The van der Waals surface area contributed by atoms with Crippen molar-refractivity contribution in [1.82, 2.24) is 24.8 Å². The van der Waals surface area contributed by atoms with Crippen molar-refractivity contribution in [2.75, 3.05) is 18.8 Å². The molecule has 24 heavy (non-hydrogen) atoms. The van der Waals surface area contributed by atoms with Gasteiger partial charge in [-0.05, 0) is 6.42 Å². The van der Waals surface area contributed by atoms with Crippen LogP contribution < -0.4 is 5.32 Å². The van der Waals surface area contributed by atoms with E-state index < -0.39 is 6.10 Å². The van der Waals surface area contributed by atoms with Crippen LogP contribution in [0, 0.1) is 0 Å². The number of hydrogen-bond acceptors (Lipinski definition) is 7. The van der Waals surface area contributed by atoms with E-state index >= 15 is 0 Å². The Kier molecular flexibility index (Phi) is 5.88. The highest BCUT2D eigenvalue weighted by Gasteiger charge is 2.29. The molecule has 2 aromatic rings. The van der Waals surface area contributed by atoms with Gasteiger partial charge in [0, 0.05) is 44.5 Å². The van der Waals surface area contributed by atoms with E-state index in [1.165, 1.54) is 11.8 Å². The number of piperidine rings is 1. The van der Waals surface area contributed by atoms with Crippen molar-refractivity contribution in [3.05, 3.63) is 29.0 Å². The van der Waals surface area contributed by atoms with Crippen LogP contribution in [0.5, 0.6) is 0 Å². The van der Waals surface area contributed by atoms with Crippen LogP contribution in [0.15, 0.2) is 28.4 Å². The molecular weight excluding hydrogens is 346 g/mol. The fourth-order valence-electron chi connectivity index (χ4n) is 2.72. The first-order chi connectivity index (χ1) is 11.6. The van der Waals surface area contributed by atoms with Crippen LogP contribution >= 0.6 is 23.1 Å². The number of carbonyl (C=O) groups is 1. The molecule has 1 aliphatic rings. The van der Waals surface area contributed by atoms with Crippen molar-refractivity contribution in [2.24, 2.45) is 7.05 Å². The van der Waals surface area contributed by atoms with Crippen LogP contribution in [0.4, 0.5) is 0 Å². The molecule has 0 radical (unpaired) electrons. The van der Waals surface area contributed by atoms with Crippen molar-refractivity contribution in [3.63, 3.8) is 0 Å². The average molecular weight is 368 g/mol. The van der Waals surface area contributed by atoms with Crippen LogP contribution in [-0.4, -0.2) is 61.4 Å². The quantitative estimate of drug-likeness (QED) is 0.732. The Morgan fingerprint density at radius 2 is 2.42 bits per heavy atom. The first-order valence-electron chi connectivity index (χ1n) is 7.79. The van der Waals surface area contributed by atoms with Gasteiger partial charge in [0.2, 0.25) is 5.91 Å². The molecule has 0 unspecified atom stereocenters. The van der Waals surface area contributed by atoms with Gasteiger partial charge >= 0.3 is 0 Å². The summed E-state index contributed by atoms with van der Waals surface area (Å²) in [4.78, 5) is 22.7. The Morgan fingerprint density at radius 1 is 1.54 bits per heavy atom. The summed E-state index contributed by atoms with van der Waals surface area (Å²) < 4.78 is 1.88. The number of rotatable bonds is 6. The molecule has 0 aliphatic carbocycles. The van der Waals surface area contributed by atoms with Crippen LogP contribution in [0.1, 0.15) is 12.1 Å². The molecule has 0 saturated carbocycles. The lowest BCUT2D eigenvalue weighted by molar-refractivity contribution is -0.120. The number of imidazole rings is 1. The van der Waals surface area contributed by atoms with Crippen molar-refractivity contribution in [3.8, 4) is 0 Å². The number of amides is 1. The lowest BCUT2D eigenvalue weighted by Gasteiger charge is -2.35. The van der Waals surface area contributed by atoms with Gasteiger partial charge < -0.3 is 15.0 Å². The molecule has 7 nitrogen and oxygen atoms in total. The highest BCUT2D eigenvalue weighted by atomic mass is 32.2. The number of likely N-dealkylation sites (tertiary alicyclic amines) is 1. The van der Waals surface area contributed by atoms with Crippen LogP contribution in [0.3, 0.4) is 0 Å². The zero-order chi connectivity index (χ0) is 16.9. The number of carbonyl (C=O) groups excluding carboxylic acids is 1. The summed E-state index contributed by atoms with van der Waals surface area (Å²) in [5, 5.41) is 16.1. The molecule has 9 heteroatoms. The summed E-state index contributed by atoms with van der Waals surface area (Å²) in [5.41, 5.74) is 2.85. The maximum atomic E-state index is 12.1. The topological polar surface area (TPSA) is 83.3 Å². The smallest absolute Gasteiger partial charge is 0.230 e. The van der Waals surface area contributed by atoms with E-state index in [9.17, 15) is 9.90 Å². The standard InChI is InChI=1S/C15H21N5O2S2/c1-19-5-3-16-15(19)24-9-14(22)18-12-2-4-20(7-13(12)21)6-11-8-23-10-17-11/h3,5,8,10,12-13,21H,2,4,6-7,9H2,1H3,(H,18,22)/t12-,13-/m1/s1. The Hall–Kier alpha value is -1.42. The lowest BCUT2D eigenvalue weighted by Crippen LogP contribution is -2.54. The number of thiazole rings is 1. The second kappa shape index (κ2) is 8.11. The number of aromatic nitrogens is 3. The minimum atomic E-state index is -0.556. The number of aliphatic hydroxyl groups is 1. The third-order valence-electron chi connectivity index (χ3n) is 3.99. The molecule has 1 amide bonds. The number of nitrogens with one attached hydrogen (secondary N) is 1. The SMILES string of the molecule is Cn1ccnc1SCC(=O)N[C@@H]1CCN(Cc2cscn2)C[C@H]1O.